The third-order valence-electron chi connectivity index (χ3n) is 6.10. The Balaban J connectivity index is 1.52. The van der Waals surface area contributed by atoms with Crippen molar-refractivity contribution in [2.24, 2.45) is 5.92 Å². The van der Waals surface area contributed by atoms with Crippen LogP contribution < -0.4 is 10.6 Å². The molecule has 2 N–H and O–H groups in total. The van der Waals surface area contributed by atoms with E-state index in [1.807, 2.05) is 32.0 Å². The molecule has 8 nitrogen and oxygen atoms in total. The topological polar surface area (TPSA) is 101 Å². The Morgan fingerprint density at radius 3 is 2.56 bits per heavy atom. The summed E-state index contributed by atoms with van der Waals surface area (Å²) in [5.41, 5.74) is 3.60. The number of benzene rings is 1. The number of aryl methyl sites for hydroxylation is 2. The summed E-state index contributed by atoms with van der Waals surface area (Å²) >= 11 is 1.26. The Hall–Kier alpha value is -2.78. The van der Waals surface area contributed by atoms with Gasteiger partial charge in [-0.3, -0.25) is 14.4 Å². The first-order valence-electron chi connectivity index (χ1n) is 11.7. The standard InChI is InChI=1S/C25H34N4O4S/c1-17-9-10-20(13-18(17)2)26-22(30)14-21-16-34-25(27-21)28-23(31)15-29(11-12-33-3)24(32)19-7-5-4-6-8-19/h9-10,13,16,19H,4-8,11-12,14-15H2,1-3H3,(H,26,30)(H,27,28,31). The lowest BCUT2D eigenvalue weighted by atomic mass is 9.88. The first kappa shape index (κ1) is 25.8. The summed E-state index contributed by atoms with van der Waals surface area (Å²) in [6, 6.07) is 5.77. The van der Waals surface area contributed by atoms with Crippen molar-refractivity contribution < 1.29 is 19.1 Å². The fraction of sp³-hybridized carbons (Fsp3) is 0.520. The van der Waals surface area contributed by atoms with Crippen molar-refractivity contribution in [1.82, 2.24) is 9.88 Å². The third-order valence-corrected chi connectivity index (χ3v) is 6.90. The largest absolute Gasteiger partial charge is 0.383 e. The normalized spacial score (nSPS) is 14.0. The number of anilines is 2. The minimum Gasteiger partial charge on any atom is -0.383 e. The fourth-order valence-corrected chi connectivity index (χ4v) is 4.77. The molecule has 1 aliphatic rings. The SMILES string of the molecule is COCCN(CC(=O)Nc1nc(CC(=O)Nc2ccc(C)c(C)c2)cs1)C(=O)C1CCCCC1. The van der Waals surface area contributed by atoms with Crippen molar-refractivity contribution >= 4 is 39.9 Å². The molecule has 0 radical (unpaired) electrons. The van der Waals surface area contributed by atoms with E-state index in [9.17, 15) is 14.4 Å². The number of carbonyl (C=O) groups excluding carboxylic acids is 3. The van der Waals surface area contributed by atoms with E-state index in [2.05, 4.69) is 15.6 Å². The summed E-state index contributed by atoms with van der Waals surface area (Å²) in [5.74, 6) is -0.466. The van der Waals surface area contributed by atoms with Crippen LogP contribution in [0.1, 0.15) is 48.9 Å². The molecule has 3 rings (SSSR count). The molecule has 1 saturated carbocycles. The molecular formula is C25H34N4O4S. The van der Waals surface area contributed by atoms with E-state index >= 15 is 0 Å². The molecule has 3 amide bonds. The minimum atomic E-state index is -0.305. The molecule has 0 spiro atoms. The van der Waals surface area contributed by atoms with Crippen LogP contribution in [0.2, 0.25) is 0 Å². The van der Waals surface area contributed by atoms with Gasteiger partial charge in [-0.05, 0) is 49.9 Å². The number of ether oxygens (including phenoxy) is 1. The Labute approximate surface area is 205 Å². The predicted octanol–water partition coefficient (Wildman–Crippen LogP) is 3.93. The first-order valence-corrected chi connectivity index (χ1v) is 12.6. The van der Waals surface area contributed by atoms with E-state index in [4.69, 9.17) is 4.74 Å². The highest BCUT2D eigenvalue weighted by Crippen LogP contribution is 2.25. The van der Waals surface area contributed by atoms with E-state index in [1.54, 1.807) is 17.4 Å². The van der Waals surface area contributed by atoms with Gasteiger partial charge < -0.3 is 20.3 Å². The molecule has 0 unspecified atom stereocenters. The second-order valence-electron chi connectivity index (χ2n) is 8.80. The van der Waals surface area contributed by atoms with Crippen molar-refractivity contribution in [2.45, 2.75) is 52.4 Å². The van der Waals surface area contributed by atoms with Crippen LogP contribution in [0, 0.1) is 19.8 Å². The van der Waals surface area contributed by atoms with E-state index in [0.29, 0.717) is 24.0 Å². The van der Waals surface area contributed by atoms with Crippen molar-refractivity contribution in [3.05, 3.63) is 40.4 Å². The monoisotopic (exact) mass is 486 g/mol. The highest BCUT2D eigenvalue weighted by atomic mass is 32.1. The van der Waals surface area contributed by atoms with Gasteiger partial charge in [0, 0.05) is 30.6 Å². The summed E-state index contributed by atoms with van der Waals surface area (Å²) in [4.78, 5) is 43.9. The summed E-state index contributed by atoms with van der Waals surface area (Å²) in [6.07, 6.45) is 5.14. The number of amides is 3. The highest BCUT2D eigenvalue weighted by molar-refractivity contribution is 7.13. The van der Waals surface area contributed by atoms with E-state index in [0.717, 1.165) is 43.4 Å². The molecule has 0 bridgehead atoms. The maximum absolute atomic E-state index is 12.9. The van der Waals surface area contributed by atoms with Crippen LogP contribution in [-0.4, -0.2) is 54.4 Å². The molecular weight excluding hydrogens is 452 g/mol. The Morgan fingerprint density at radius 2 is 1.85 bits per heavy atom. The molecule has 1 aliphatic carbocycles. The smallest absolute Gasteiger partial charge is 0.245 e. The lowest BCUT2D eigenvalue weighted by Gasteiger charge is -2.28. The molecule has 2 aromatic rings. The van der Waals surface area contributed by atoms with E-state index in [-0.39, 0.29) is 36.6 Å². The molecule has 34 heavy (non-hydrogen) atoms. The fourth-order valence-electron chi connectivity index (χ4n) is 4.04. The first-order chi connectivity index (χ1) is 16.4. The Bertz CT molecular complexity index is 1000. The van der Waals surface area contributed by atoms with Gasteiger partial charge in [0.2, 0.25) is 17.7 Å². The summed E-state index contributed by atoms with van der Waals surface area (Å²) in [6.45, 7) is 4.74. The zero-order valence-corrected chi connectivity index (χ0v) is 21.0. The number of nitrogens with one attached hydrogen (secondary N) is 2. The van der Waals surface area contributed by atoms with Crippen LogP contribution in [0.25, 0.3) is 0 Å². The van der Waals surface area contributed by atoms with Crippen LogP contribution in [-0.2, 0) is 25.5 Å². The van der Waals surface area contributed by atoms with Crippen LogP contribution >= 0.6 is 11.3 Å². The summed E-state index contributed by atoms with van der Waals surface area (Å²) in [5, 5.41) is 7.81. The van der Waals surface area contributed by atoms with Crippen LogP contribution in [0.4, 0.5) is 10.8 Å². The number of carbonyl (C=O) groups is 3. The lowest BCUT2D eigenvalue weighted by molar-refractivity contribution is -0.139. The molecule has 1 fully saturated rings. The third kappa shape index (κ3) is 7.63. The number of rotatable bonds is 10. The van der Waals surface area contributed by atoms with Crippen molar-refractivity contribution in [3.63, 3.8) is 0 Å². The van der Waals surface area contributed by atoms with Crippen molar-refractivity contribution in [3.8, 4) is 0 Å². The van der Waals surface area contributed by atoms with E-state index in [1.165, 1.54) is 16.9 Å². The second kappa shape index (κ2) is 12.6. The van der Waals surface area contributed by atoms with Gasteiger partial charge in [0.25, 0.3) is 0 Å². The van der Waals surface area contributed by atoms with Gasteiger partial charge in [0.1, 0.15) is 6.54 Å². The zero-order valence-electron chi connectivity index (χ0n) is 20.2. The van der Waals surface area contributed by atoms with Gasteiger partial charge in [-0.25, -0.2) is 4.98 Å². The van der Waals surface area contributed by atoms with Gasteiger partial charge in [-0.2, -0.15) is 0 Å². The molecule has 0 atom stereocenters. The highest BCUT2D eigenvalue weighted by Gasteiger charge is 2.27. The second-order valence-corrected chi connectivity index (χ2v) is 9.66. The van der Waals surface area contributed by atoms with Crippen LogP contribution in [0.15, 0.2) is 23.6 Å². The van der Waals surface area contributed by atoms with Crippen molar-refractivity contribution in [1.29, 1.82) is 0 Å². The average Bonchev–Trinajstić information content (AvgIpc) is 3.25. The van der Waals surface area contributed by atoms with Crippen molar-refractivity contribution in [2.75, 3.05) is 37.4 Å². The minimum absolute atomic E-state index is 0.0132. The van der Waals surface area contributed by atoms with Gasteiger partial charge in [-0.1, -0.05) is 25.3 Å². The average molecular weight is 487 g/mol. The number of hydrogen-bond acceptors (Lipinski definition) is 6. The molecule has 0 aliphatic heterocycles. The quantitative estimate of drug-likeness (QED) is 0.530. The number of hydrogen-bond donors (Lipinski definition) is 2. The number of methoxy groups -OCH3 is 1. The van der Waals surface area contributed by atoms with Gasteiger partial charge in [-0.15, -0.1) is 11.3 Å². The zero-order chi connectivity index (χ0) is 24.5. The maximum atomic E-state index is 12.9. The molecule has 1 aromatic heterocycles. The Morgan fingerprint density at radius 1 is 1.09 bits per heavy atom. The molecule has 9 heteroatoms. The van der Waals surface area contributed by atoms with Gasteiger partial charge in [0.15, 0.2) is 5.13 Å². The molecule has 1 aromatic carbocycles. The summed E-state index contributed by atoms with van der Waals surface area (Å²) in [7, 11) is 1.58. The lowest BCUT2D eigenvalue weighted by Crippen LogP contribution is -2.43. The number of nitrogens with zero attached hydrogens (tertiary/aromatic N) is 2. The van der Waals surface area contributed by atoms with Crippen LogP contribution in [0.3, 0.4) is 0 Å². The number of thiazole rings is 1. The molecule has 184 valence electrons. The molecule has 0 saturated heterocycles. The summed E-state index contributed by atoms with van der Waals surface area (Å²) < 4.78 is 5.13. The van der Waals surface area contributed by atoms with Crippen LogP contribution in [0.5, 0.6) is 0 Å². The van der Waals surface area contributed by atoms with Gasteiger partial charge >= 0.3 is 0 Å². The predicted molar refractivity (Wildman–Crippen MR) is 134 cm³/mol. The Kier molecular flexibility index (Phi) is 9.59. The van der Waals surface area contributed by atoms with E-state index < -0.39 is 0 Å². The van der Waals surface area contributed by atoms with Gasteiger partial charge in [0.05, 0.1) is 18.7 Å². The maximum Gasteiger partial charge on any atom is 0.245 e. The number of aromatic nitrogens is 1. The molecule has 1 heterocycles.